The maximum Gasteiger partial charge on any atom is 0.129 e. The Morgan fingerprint density at radius 2 is 1.86 bits per heavy atom. The monoisotopic (exact) mass is 305 g/mol. The number of halogens is 1. The summed E-state index contributed by atoms with van der Waals surface area (Å²) in [4.78, 5) is 0.180. The van der Waals surface area contributed by atoms with Gasteiger partial charge >= 0.3 is 0 Å². The van der Waals surface area contributed by atoms with Crippen molar-refractivity contribution in [2.75, 3.05) is 7.11 Å². The topological polar surface area (TPSA) is 44.5 Å². The minimum Gasteiger partial charge on any atom is -0.497 e. The fraction of sp³-hybridized carbons (Fsp3) is 0.188. The lowest BCUT2D eigenvalue weighted by molar-refractivity contribution is 0.105. The van der Waals surface area contributed by atoms with Gasteiger partial charge in [-0.15, -0.1) is 0 Å². The molecule has 0 aromatic heterocycles. The number of nitrogens with two attached hydrogens (primary N) is 1. The third kappa shape index (κ3) is 4.24. The van der Waals surface area contributed by atoms with Crippen molar-refractivity contribution < 1.29 is 13.9 Å². The van der Waals surface area contributed by atoms with Gasteiger partial charge in [-0.05, 0) is 23.8 Å². The molecule has 110 valence electrons. The predicted octanol–water partition coefficient (Wildman–Crippen LogP) is 3.19. The second-order valence-corrected chi connectivity index (χ2v) is 4.95. The first kappa shape index (κ1) is 15.4. The standard InChI is InChI=1S/C16H16FNO2S/c1-19-14-6-2-11(3-7-14)9-20-10-13-5-4-12(16(18)21)8-15(13)17/h2-8H,9-10H2,1H3,(H2,18,21). The van der Waals surface area contributed by atoms with Gasteiger partial charge in [0, 0.05) is 11.1 Å². The van der Waals surface area contributed by atoms with Gasteiger partial charge in [-0.1, -0.05) is 36.5 Å². The van der Waals surface area contributed by atoms with Gasteiger partial charge in [0.05, 0.1) is 20.3 Å². The number of rotatable bonds is 6. The first-order chi connectivity index (χ1) is 10.1. The van der Waals surface area contributed by atoms with Crippen LogP contribution in [0.5, 0.6) is 5.75 Å². The van der Waals surface area contributed by atoms with E-state index in [1.807, 2.05) is 24.3 Å². The lowest BCUT2D eigenvalue weighted by atomic mass is 10.1. The molecule has 0 aliphatic heterocycles. The fourth-order valence-corrected chi connectivity index (χ4v) is 1.95. The zero-order valence-corrected chi connectivity index (χ0v) is 12.5. The van der Waals surface area contributed by atoms with Crippen molar-refractivity contribution in [2.45, 2.75) is 13.2 Å². The Balaban J connectivity index is 1.92. The van der Waals surface area contributed by atoms with Crippen LogP contribution in [0.25, 0.3) is 0 Å². The summed E-state index contributed by atoms with van der Waals surface area (Å²) in [5.74, 6) is 0.424. The summed E-state index contributed by atoms with van der Waals surface area (Å²) >= 11 is 4.81. The highest BCUT2D eigenvalue weighted by molar-refractivity contribution is 7.80. The summed E-state index contributed by atoms with van der Waals surface area (Å²) in [5.41, 5.74) is 7.44. The molecule has 0 amide bonds. The lowest BCUT2D eigenvalue weighted by Gasteiger charge is -2.08. The first-order valence-electron chi connectivity index (χ1n) is 6.39. The second-order valence-electron chi connectivity index (χ2n) is 4.51. The molecule has 2 N–H and O–H groups in total. The molecule has 0 heterocycles. The van der Waals surface area contributed by atoms with Crippen molar-refractivity contribution in [2.24, 2.45) is 5.73 Å². The van der Waals surface area contributed by atoms with Crippen molar-refractivity contribution in [3.05, 3.63) is 65.0 Å². The van der Waals surface area contributed by atoms with E-state index in [0.29, 0.717) is 17.7 Å². The molecule has 0 fully saturated rings. The summed E-state index contributed by atoms with van der Waals surface area (Å²) in [6, 6.07) is 12.2. The SMILES string of the molecule is COc1ccc(COCc2ccc(C(N)=S)cc2F)cc1. The van der Waals surface area contributed by atoms with E-state index in [1.165, 1.54) is 6.07 Å². The Hall–Kier alpha value is -1.98. The van der Waals surface area contributed by atoms with Crippen LogP contribution in [0.3, 0.4) is 0 Å². The molecule has 0 radical (unpaired) electrons. The number of benzene rings is 2. The van der Waals surface area contributed by atoms with Crippen molar-refractivity contribution in [3.8, 4) is 5.75 Å². The van der Waals surface area contributed by atoms with E-state index in [0.717, 1.165) is 11.3 Å². The van der Waals surface area contributed by atoms with Crippen LogP contribution < -0.4 is 10.5 Å². The maximum absolute atomic E-state index is 13.8. The van der Waals surface area contributed by atoms with Crippen LogP contribution in [0.15, 0.2) is 42.5 Å². The highest BCUT2D eigenvalue weighted by Crippen LogP contribution is 2.15. The van der Waals surface area contributed by atoms with Gasteiger partial charge in [-0.25, -0.2) is 4.39 Å². The largest absolute Gasteiger partial charge is 0.497 e. The fourth-order valence-electron chi connectivity index (χ4n) is 1.82. The van der Waals surface area contributed by atoms with Gasteiger partial charge in [0.25, 0.3) is 0 Å². The number of hydrogen-bond donors (Lipinski definition) is 1. The minimum atomic E-state index is -0.366. The molecule has 3 nitrogen and oxygen atoms in total. The molecule has 5 heteroatoms. The Morgan fingerprint density at radius 1 is 1.14 bits per heavy atom. The van der Waals surface area contributed by atoms with E-state index >= 15 is 0 Å². The molecule has 0 atom stereocenters. The minimum absolute atomic E-state index is 0.180. The molecule has 2 rings (SSSR count). The molecular weight excluding hydrogens is 289 g/mol. The van der Waals surface area contributed by atoms with Gasteiger partial charge in [0.15, 0.2) is 0 Å². The van der Waals surface area contributed by atoms with E-state index in [-0.39, 0.29) is 17.4 Å². The van der Waals surface area contributed by atoms with Crippen LogP contribution >= 0.6 is 12.2 Å². The average molecular weight is 305 g/mol. The molecule has 0 spiro atoms. The van der Waals surface area contributed by atoms with E-state index < -0.39 is 0 Å². The molecule has 0 bridgehead atoms. The summed E-state index contributed by atoms with van der Waals surface area (Å²) in [6.45, 7) is 0.593. The molecular formula is C16H16FNO2S. The molecule has 2 aromatic rings. The first-order valence-corrected chi connectivity index (χ1v) is 6.80. The zero-order valence-electron chi connectivity index (χ0n) is 11.6. The summed E-state index contributed by atoms with van der Waals surface area (Å²) < 4.78 is 24.4. The van der Waals surface area contributed by atoms with Gasteiger partial charge in [0.2, 0.25) is 0 Å². The van der Waals surface area contributed by atoms with Crippen LogP contribution in [-0.2, 0) is 18.0 Å². The van der Waals surface area contributed by atoms with Crippen molar-refractivity contribution >= 4 is 17.2 Å². The third-order valence-electron chi connectivity index (χ3n) is 3.02. The quantitative estimate of drug-likeness (QED) is 0.833. The van der Waals surface area contributed by atoms with Gasteiger partial charge in [-0.3, -0.25) is 0 Å². The van der Waals surface area contributed by atoms with Gasteiger partial charge < -0.3 is 15.2 Å². The van der Waals surface area contributed by atoms with Crippen molar-refractivity contribution in [3.63, 3.8) is 0 Å². The molecule has 0 saturated carbocycles. The smallest absolute Gasteiger partial charge is 0.129 e. The van der Waals surface area contributed by atoms with Crippen LogP contribution in [0.4, 0.5) is 4.39 Å². The average Bonchev–Trinajstić information content (AvgIpc) is 2.49. The van der Waals surface area contributed by atoms with Crippen molar-refractivity contribution in [1.29, 1.82) is 0 Å². The van der Waals surface area contributed by atoms with Gasteiger partial charge in [0.1, 0.15) is 16.6 Å². The van der Waals surface area contributed by atoms with Crippen LogP contribution in [0.2, 0.25) is 0 Å². The van der Waals surface area contributed by atoms with E-state index in [4.69, 9.17) is 27.4 Å². The number of methoxy groups -OCH3 is 1. The van der Waals surface area contributed by atoms with Crippen LogP contribution in [-0.4, -0.2) is 12.1 Å². The predicted molar refractivity (Wildman–Crippen MR) is 83.8 cm³/mol. The highest BCUT2D eigenvalue weighted by Gasteiger charge is 2.05. The molecule has 0 saturated heterocycles. The Labute approximate surface area is 128 Å². The number of hydrogen-bond acceptors (Lipinski definition) is 3. The molecule has 0 unspecified atom stereocenters. The van der Waals surface area contributed by atoms with Crippen LogP contribution in [0.1, 0.15) is 16.7 Å². The molecule has 21 heavy (non-hydrogen) atoms. The van der Waals surface area contributed by atoms with E-state index in [9.17, 15) is 4.39 Å². The summed E-state index contributed by atoms with van der Waals surface area (Å²) in [5, 5.41) is 0. The third-order valence-corrected chi connectivity index (χ3v) is 3.26. The zero-order chi connectivity index (χ0) is 15.2. The lowest BCUT2D eigenvalue weighted by Crippen LogP contribution is -2.10. The summed E-state index contributed by atoms with van der Waals surface area (Å²) in [6.07, 6.45) is 0. The van der Waals surface area contributed by atoms with E-state index in [1.54, 1.807) is 19.2 Å². The summed E-state index contributed by atoms with van der Waals surface area (Å²) in [7, 11) is 1.62. The van der Waals surface area contributed by atoms with Gasteiger partial charge in [-0.2, -0.15) is 0 Å². The highest BCUT2D eigenvalue weighted by atomic mass is 32.1. The van der Waals surface area contributed by atoms with Crippen molar-refractivity contribution in [1.82, 2.24) is 0 Å². The second kappa shape index (κ2) is 7.15. The molecule has 2 aromatic carbocycles. The molecule has 0 aliphatic rings. The molecule has 0 aliphatic carbocycles. The normalized spacial score (nSPS) is 10.4. The van der Waals surface area contributed by atoms with Crippen LogP contribution in [0, 0.1) is 5.82 Å². The Kier molecular flexibility index (Phi) is 5.25. The maximum atomic E-state index is 13.8. The number of ether oxygens (including phenoxy) is 2. The van der Waals surface area contributed by atoms with E-state index in [2.05, 4.69) is 0 Å². The Bertz CT molecular complexity index is 629. The number of thiocarbonyl (C=S) groups is 1. The Morgan fingerprint density at radius 3 is 2.43 bits per heavy atom.